The molecule has 47 heavy (non-hydrogen) atoms. The quantitative estimate of drug-likeness (QED) is 0.214. The summed E-state index contributed by atoms with van der Waals surface area (Å²) in [6.07, 6.45) is 2.98. The molecule has 0 unspecified atom stereocenters. The first kappa shape index (κ1) is 35.3. The molecular formula is C37H48N4O6. The predicted molar refractivity (Wildman–Crippen MR) is 185 cm³/mol. The normalized spacial score (nSPS) is 13.3. The average molecular weight is 645 g/mol. The highest BCUT2D eigenvalue weighted by Crippen LogP contribution is 2.32. The number of likely N-dealkylation sites (N-methyl/N-ethyl adjacent to an activating group) is 1. The van der Waals surface area contributed by atoms with E-state index in [1.807, 2.05) is 49.9 Å². The van der Waals surface area contributed by atoms with Crippen LogP contribution in [0, 0.1) is 6.92 Å². The first-order valence-corrected chi connectivity index (χ1v) is 16.3. The van der Waals surface area contributed by atoms with Crippen LogP contribution in [0.1, 0.15) is 65.8 Å². The van der Waals surface area contributed by atoms with Crippen molar-refractivity contribution in [1.29, 1.82) is 0 Å². The zero-order valence-corrected chi connectivity index (χ0v) is 28.5. The van der Waals surface area contributed by atoms with Crippen molar-refractivity contribution < 1.29 is 28.6 Å². The van der Waals surface area contributed by atoms with Crippen LogP contribution in [0.15, 0.2) is 60.7 Å². The third kappa shape index (κ3) is 9.71. The van der Waals surface area contributed by atoms with Crippen LogP contribution in [0.2, 0.25) is 0 Å². The van der Waals surface area contributed by atoms with E-state index in [1.54, 1.807) is 48.3 Å². The number of rotatable bonds is 14. The molecule has 0 radical (unpaired) electrons. The van der Waals surface area contributed by atoms with Gasteiger partial charge in [0.05, 0.1) is 36.8 Å². The second kappa shape index (κ2) is 16.8. The van der Waals surface area contributed by atoms with Crippen molar-refractivity contribution in [3.05, 3.63) is 77.4 Å². The fourth-order valence-corrected chi connectivity index (χ4v) is 5.40. The van der Waals surface area contributed by atoms with Gasteiger partial charge in [0, 0.05) is 45.2 Å². The molecule has 1 aliphatic heterocycles. The van der Waals surface area contributed by atoms with Crippen molar-refractivity contribution in [1.82, 2.24) is 9.80 Å². The van der Waals surface area contributed by atoms with Gasteiger partial charge >= 0.3 is 0 Å². The summed E-state index contributed by atoms with van der Waals surface area (Å²) in [6, 6.07) is 17.7. The molecule has 10 nitrogen and oxygen atoms in total. The van der Waals surface area contributed by atoms with Crippen molar-refractivity contribution in [2.24, 2.45) is 0 Å². The zero-order valence-electron chi connectivity index (χ0n) is 28.5. The molecule has 252 valence electrons. The molecule has 1 heterocycles. The number of piperazine rings is 1. The summed E-state index contributed by atoms with van der Waals surface area (Å²) in [7, 11) is 5.28. The van der Waals surface area contributed by atoms with Crippen LogP contribution >= 0.6 is 0 Å². The van der Waals surface area contributed by atoms with Gasteiger partial charge in [0.15, 0.2) is 0 Å². The molecule has 1 fully saturated rings. The molecule has 3 aromatic carbocycles. The van der Waals surface area contributed by atoms with E-state index in [-0.39, 0.29) is 23.8 Å². The maximum Gasteiger partial charge on any atom is 0.259 e. The van der Waals surface area contributed by atoms with Crippen molar-refractivity contribution >= 4 is 29.1 Å². The van der Waals surface area contributed by atoms with Crippen LogP contribution < -0.4 is 24.4 Å². The SMILES string of the molecule is COc1cc(C(=O)N(C)c2ccc(C)cc2OCCCCCC(=O)N2CCN(C)CC2)ccc1NC(=O)c1ccccc1OC(C)C. The van der Waals surface area contributed by atoms with Crippen LogP contribution in [0.5, 0.6) is 17.2 Å². The van der Waals surface area contributed by atoms with Gasteiger partial charge in [-0.15, -0.1) is 0 Å². The number of hydrogen-bond donors (Lipinski definition) is 1. The van der Waals surface area contributed by atoms with Crippen molar-refractivity contribution in [2.45, 2.75) is 52.6 Å². The Morgan fingerprint density at radius 3 is 2.36 bits per heavy atom. The van der Waals surface area contributed by atoms with Crippen LogP contribution in [0.25, 0.3) is 0 Å². The van der Waals surface area contributed by atoms with Gasteiger partial charge in [0.25, 0.3) is 11.8 Å². The van der Waals surface area contributed by atoms with Gasteiger partial charge < -0.3 is 34.2 Å². The van der Waals surface area contributed by atoms with E-state index in [9.17, 15) is 14.4 Å². The lowest BCUT2D eigenvalue weighted by Crippen LogP contribution is -2.47. The van der Waals surface area contributed by atoms with Gasteiger partial charge in [-0.25, -0.2) is 0 Å². The molecule has 4 rings (SSSR count). The summed E-state index contributed by atoms with van der Waals surface area (Å²) in [4.78, 5) is 45.1. The summed E-state index contributed by atoms with van der Waals surface area (Å²) in [5, 5.41) is 2.88. The van der Waals surface area contributed by atoms with E-state index >= 15 is 0 Å². The highest BCUT2D eigenvalue weighted by Gasteiger charge is 2.21. The Labute approximate surface area is 278 Å². The number of methoxy groups -OCH3 is 1. The fourth-order valence-electron chi connectivity index (χ4n) is 5.40. The molecule has 1 N–H and O–H groups in total. The Hall–Kier alpha value is -4.57. The number of amides is 3. The number of unbranched alkanes of at least 4 members (excludes halogenated alkanes) is 2. The van der Waals surface area contributed by atoms with E-state index in [1.165, 1.54) is 7.11 Å². The molecule has 0 spiro atoms. The molecule has 0 atom stereocenters. The van der Waals surface area contributed by atoms with E-state index in [2.05, 4.69) is 17.3 Å². The summed E-state index contributed by atoms with van der Waals surface area (Å²) in [6.45, 7) is 9.72. The van der Waals surface area contributed by atoms with E-state index in [0.29, 0.717) is 52.8 Å². The largest absolute Gasteiger partial charge is 0.495 e. The molecule has 1 aliphatic rings. The smallest absolute Gasteiger partial charge is 0.259 e. The molecule has 0 aromatic heterocycles. The first-order valence-electron chi connectivity index (χ1n) is 16.3. The summed E-state index contributed by atoms with van der Waals surface area (Å²) < 4.78 is 17.5. The van der Waals surface area contributed by atoms with Gasteiger partial charge in [-0.05, 0) is 95.1 Å². The third-order valence-corrected chi connectivity index (χ3v) is 8.12. The standard InChI is InChI=1S/C37H48N4O6/c1-26(2)47-32-13-10-9-12-29(32)36(43)38-30-17-16-28(25-33(30)45-6)37(44)40(5)31-18-15-27(3)24-34(31)46-23-11-7-8-14-35(42)41-21-19-39(4)20-22-41/h9-10,12-13,15-18,24-26H,7-8,11,14,19-23H2,1-6H3,(H,38,43). The number of nitrogens with zero attached hydrogens (tertiary/aromatic N) is 3. The maximum atomic E-state index is 13.7. The van der Waals surface area contributed by atoms with E-state index < -0.39 is 0 Å². The monoisotopic (exact) mass is 644 g/mol. The summed E-state index contributed by atoms with van der Waals surface area (Å²) in [5.41, 5.74) is 2.88. The Kier molecular flexibility index (Phi) is 12.6. The number of benzene rings is 3. The number of nitrogens with one attached hydrogen (secondary N) is 1. The zero-order chi connectivity index (χ0) is 33.9. The molecule has 0 aliphatic carbocycles. The van der Waals surface area contributed by atoms with Gasteiger partial charge in [-0.3, -0.25) is 14.4 Å². The average Bonchev–Trinajstić information content (AvgIpc) is 3.06. The topological polar surface area (TPSA) is 101 Å². The van der Waals surface area contributed by atoms with Gasteiger partial charge in [-0.1, -0.05) is 18.2 Å². The fraction of sp³-hybridized carbons (Fsp3) is 0.432. The molecule has 3 amide bonds. The lowest BCUT2D eigenvalue weighted by Gasteiger charge is -2.32. The van der Waals surface area contributed by atoms with Gasteiger partial charge in [-0.2, -0.15) is 0 Å². The Bertz CT molecular complexity index is 1530. The molecular weight excluding hydrogens is 596 g/mol. The number of carbonyl (C=O) groups is 3. The Morgan fingerprint density at radius 1 is 0.894 bits per heavy atom. The number of para-hydroxylation sites is 1. The van der Waals surface area contributed by atoms with E-state index in [4.69, 9.17) is 14.2 Å². The third-order valence-electron chi connectivity index (χ3n) is 8.12. The van der Waals surface area contributed by atoms with Crippen LogP contribution in [0.3, 0.4) is 0 Å². The van der Waals surface area contributed by atoms with Crippen LogP contribution in [0.4, 0.5) is 11.4 Å². The van der Waals surface area contributed by atoms with Crippen molar-refractivity contribution in [2.75, 3.05) is 64.2 Å². The highest BCUT2D eigenvalue weighted by atomic mass is 16.5. The number of hydrogen-bond acceptors (Lipinski definition) is 7. The summed E-state index contributed by atoms with van der Waals surface area (Å²) >= 11 is 0. The Morgan fingerprint density at radius 2 is 1.64 bits per heavy atom. The second-order valence-electron chi connectivity index (χ2n) is 12.2. The predicted octanol–water partition coefficient (Wildman–Crippen LogP) is 6.03. The van der Waals surface area contributed by atoms with Crippen LogP contribution in [-0.2, 0) is 4.79 Å². The van der Waals surface area contributed by atoms with Gasteiger partial charge in [0.2, 0.25) is 5.91 Å². The first-order chi connectivity index (χ1) is 22.6. The minimum absolute atomic E-state index is 0.0885. The maximum absolute atomic E-state index is 13.7. The molecule has 0 saturated carbocycles. The Balaban J connectivity index is 1.36. The van der Waals surface area contributed by atoms with Crippen molar-refractivity contribution in [3.8, 4) is 17.2 Å². The van der Waals surface area contributed by atoms with Gasteiger partial charge in [0.1, 0.15) is 17.2 Å². The minimum Gasteiger partial charge on any atom is -0.495 e. The molecule has 3 aromatic rings. The summed E-state index contributed by atoms with van der Waals surface area (Å²) in [5.74, 6) is 1.08. The number of aryl methyl sites for hydroxylation is 1. The molecule has 0 bridgehead atoms. The lowest BCUT2D eigenvalue weighted by atomic mass is 10.1. The minimum atomic E-state index is -0.348. The van der Waals surface area contributed by atoms with E-state index in [0.717, 1.165) is 51.0 Å². The number of carbonyl (C=O) groups excluding carboxylic acids is 3. The number of anilines is 2. The van der Waals surface area contributed by atoms with Crippen LogP contribution in [-0.4, -0.2) is 87.6 Å². The molecule has 1 saturated heterocycles. The highest BCUT2D eigenvalue weighted by molar-refractivity contribution is 6.09. The molecule has 10 heteroatoms. The lowest BCUT2D eigenvalue weighted by molar-refractivity contribution is -0.132. The second-order valence-corrected chi connectivity index (χ2v) is 12.2. The van der Waals surface area contributed by atoms with Crippen molar-refractivity contribution in [3.63, 3.8) is 0 Å². The number of ether oxygens (including phenoxy) is 3.